The average molecular weight is 227 g/mol. The average Bonchev–Trinajstić information content (AvgIpc) is 2.29. The molecule has 88 valence electrons. The van der Waals surface area contributed by atoms with Crippen LogP contribution in [0.25, 0.3) is 0 Å². The van der Waals surface area contributed by atoms with Crippen molar-refractivity contribution in [1.29, 1.82) is 0 Å². The van der Waals surface area contributed by atoms with Crippen molar-refractivity contribution in [2.75, 3.05) is 6.61 Å². The quantitative estimate of drug-likeness (QED) is 0.790. The molecule has 0 saturated heterocycles. The van der Waals surface area contributed by atoms with Gasteiger partial charge in [0.2, 0.25) is 11.8 Å². The van der Waals surface area contributed by atoms with Crippen LogP contribution in [0.3, 0.4) is 0 Å². The topological polar surface area (TPSA) is 22.1 Å². The van der Waals surface area contributed by atoms with Crippen molar-refractivity contribution < 1.29 is 13.5 Å². The van der Waals surface area contributed by atoms with Crippen LogP contribution in [-0.4, -0.2) is 17.5 Å². The number of aromatic nitrogens is 1. The highest BCUT2D eigenvalue weighted by atomic mass is 19.3. The molecule has 4 heteroatoms. The lowest BCUT2D eigenvalue weighted by Crippen LogP contribution is -2.27. The van der Waals surface area contributed by atoms with E-state index in [1.165, 1.54) is 0 Å². The van der Waals surface area contributed by atoms with Crippen LogP contribution in [0.5, 0.6) is 5.88 Å². The molecule has 0 N–H and O–H groups in total. The van der Waals surface area contributed by atoms with Gasteiger partial charge in [-0.2, -0.15) is 0 Å². The molecule has 0 unspecified atom stereocenters. The van der Waals surface area contributed by atoms with Crippen LogP contribution in [0.15, 0.2) is 24.4 Å². The number of hydrogen-bond donors (Lipinski definition) is 0. The molecule has 0 amide bonds. The van der Waals surface area contributed by atoms with Crippen LogP contribution in [0.1, 0.15) is 25.7 Å². The summed E-state index contributed by atoms with van der Waals surface area (Å²) in [6, 6.07) is 5.43. The summed E-state index contributed by atoms with van der Waals surface area (Å²) < 4.78 is 31.2. The molecule has 1 fully saturated rings. The molecule has 1 aliphatic carbocycles. The summed E-state index contributed by atoms with van der Waals surface area (Å²) in [5.41, 5.74) is 0. The molecule has 0 aromatic carbocycles. The fraction of sp³-hybridized carbons (Fsp3) is 0.583. The maximum atomic E-state index is 12.9. The van der Waals surface area contributed by atoms with Gasteiger partial charge in [-0.15, -0.1) is 0 Å². The van der Waals surface area contributed by atoms with E-state index in [0.717, 1.165) is 0 Å². The highest BCUT2D eigenvalue weighted by molar-refractivity contribution is 5.09. The number of halogens is 2. The van der Waals surface area contributed by atoms with E-state index in [9.17, 15) is 8.78 Å². The Labute approximate surface area is 93.6 Å². The smallest absolute Gasteiger partial charge is 0.248 e. The van der Waals surface area contributed by atoms with E-state index in [1.807, 2.05) is 12.1 Å². The predicted molar refractivity (Wildman–Crippen MR) is 56.6 cm³/mol. The zero-order chi connectivity index (χ0) is 11.4. The Morgan fingerprint density at radius 1 is 1.31 bits per heavy atom. The molecular weight excluding hydrogens is 212 g/mol. The molecule has 1 heterocycles. The first-order chi connectivity index (χ1) is 7.66. The van der Waals surface area contributed by atoms with Gasteiger partial charge in [0.05, 0.1) is 6.61 Å². The van der Waals surface area contributed by atoms with Gasteiger partial charge in [-0.1, -0.05) is 6.07 Å². The van der Waals surface area contributed by atoms with Gasteiger partial charge in [0.15, 0.2) is 0 Å². The first-order valence-corrected chi connectivity index (χ1v) is 5.57. The largest absolute Gasteiger partial charge is 0.477 e. The summed E-state index contributed by atoms with van der Waals surface area (Å²) in [4.78, 5) is 4.02. The minimum Gasteiger partial charge on any atom is -0.477 e. The summed E-state index contributed by atoms with van der Waals surface area (Å²) in [7, 11) is 0. The number of rotatable bonds is 3. The van der Waals surface area contributed by atoms with Crippen LogP contribution in [-0.2, 0) is 0 Å². The van der Waals surface area contributed by atoms with Gasteiger partial charge in [0.1, 0.15) is 0 Å². The number of hydrogen-bond acceptors (Lipinski definition) is 2. The minimum absolute atomic E-state index is 0.0107. The molecular formula is C12H15F2NO. The Kier molecular flexibility index (Phi) is 3.36. The molecule has 0 atom stereocenters. The summed E-state index contributed by atoms with van der Waals surface area (Å²) >= 11 is 0. The molecule has 16 heavy (non-hydrogen) atoms. The third kappa shape index (κ3) is 3.15. The summed E-state index contributed by atoms with van der Waals surface area (Å²) in [5, 5.41) is 0. The Morgan fingerprint density at radius 2 is 2.06 bits per heavy atom. The van der Waals surface area contributed by atoms with Crippen LogP contribution >= 0.6 is 0 Å². The normalized spacial score (nSPS) is 20.6. The Balaban J connectivity index is 1.76. The van der Waals surface area contributed by atoms with Gasteiger partial charge in [0, 0.05) is 25.1 Å². The van der Waals surface area contributed by atoms with Crippen molar-refractivity contribution in [2.24, 2.45) is 5.92 Å². The maximum absolute atomic E-state index is 12.9. The van der Waals surface area contributed by atoms with E-state index >= 15 is 0 Å². The molecule has 1 aliphatic rings. The first kappa shape index (κ1) is 11.3. The van der Waals surface area contributed by atoms with Crippen molar-refractivity contribution >= 4 is 0 Å². The molecule has 0 bridgehead atoms. The lowest BCUT2D eigenvalue weighted by molar-refractivity contribution is -0.0499. The third-order valence-electron chi connectivity index (χ3n) is 2.94. The van der Waals surface area contributed by atoms with Gasteiger partial charge >= 0.3 is 0 Å². The molecule has 1 aromatic rings. The second-order valence-corrected chi connectivity index (χ2v) is 4.28. The summed E-state index contributed by atoms with van der Waals surface area (Å²) in [6.45, 7) is 0.493. The van der Waals surface area contributed by atoms with Crippen molar-refractivity contribution in [3.8, 4) is 5.88 Å². The predicted octanol–water partition coefficient (Wildman–Crippen LogP) is 3.29. The van der Waals surface area contributed by atoms with E-state index in [4.69, 9.17) is 4.74 Å². The molecule has 2 nitrogen and oxygen atoms in total. The van der Waals surface area contributed by atoms with Gasteiger partial charge in [-0.05, 0) is 24.8 Å². The standard InChI is InChI=1S/C12H15F2NO/c13-12(14)6-4-10(5-7-12)9-16-11-3-1-2-8-15-11/h1-3,8,10H,4-7,9H2. The van der Waals surface area contributed by atoms with Crippen molar-refractivity contribution in [2.45, 2.75) is 31.6 Å². The lowest BCUT2D eigenvalue weighted by Gasteiger charge is -2.27. The Hall–Kier alpha value is -1.19. The monoisotopic (exact) mass is 227 g/mol. The number of pyridine rings is 1. The van der Waals surface area contributed by atoms with Gasteiger partial charge in [0.25, 0.3) is 0 Å². The number of alkyl halides is 2. The molecule has 1 aromatic heterocycles. The summed E-state index contributed by atoms with van der Waals surface area (Å²) in [6.07, 6.45) is 2.72. The van der Waals surface area contributed by atoms with E-state index in [0.29, 0.717) is 25.3 Å². The van der Waals surface area contributed by atoms with E-state index < -0.39 is 5.92 Å². The third-order valence-corrected chi connectivity index (χ3v) is 2.94. The molecule has 0 aliphatic heterocycles. The fourth-order valence-electron chi connectivity index (χ4n) is 1.90. The van der Waals surface area contributed by atoms with Crippen molar-refractivity contribution in [1.82, 2.24) is 4.98 Å². The van der Waals surface area contributed by atoms with E-state index in [-0.39, 0.29) is 18.8 Å². The fourth-order valence-corrected chi connectivity index (χ4v) is 1.90. The van der Waals surface area contributed by atoms with E-state index in [1.54, 1.807) is 12.3 Å². The zero-order valence-electron chi connectivity index (χ0n) is 9.03. The van der Waals surface area contributed by atoms with Gasteiger partial charge in [-0.3, -0.25) is 0 Å². The van der Waals surface area contributed by atoms with Crippen LogP contribution < -0.4 is 4.74 Å². The zero-order valence-corrected chi connectivity index (χ0v) is 9.03. The van der Waals surface area contributed by atoms with Crippen molar-refractivity contribution in [3.63, 3.8) is 0 Å². The minimum atomic E-state index is -2.46. The molecule has 2 rings (SSSR count). The summed E-state index contributed by atoms with van der Waals surface area (Å²) in [5.74, 6) is -1.65. The highest BCUT2D eigenvalue weighted by Crippen LogP contribution is 2.36. The maximum Gasteiger partial charge on any atom is 0.248 e. The highest BCUT2D eigenvalue weighted by Gasteiger charge is 2.34. The van der Waals surface area contributed by atoms with E-state index in [2.05, 4.69) is 4.98 Å². The molecule has 0 radical (unpaired) electrons. The molecule has 0 spiro atoms. The van der Waals surface area contributed by atoms with Crippen LogP contribution in [0.2, 0.25) is 0 Å². The van der Waals surface area contributed by atoms with Crippen LogP contribution in [0.4, 0.5) is 8.78 Å². The van der Waals surface area contributed by atoms with Crippen molar-refractivity contribution in [3.05, 3.63) is 24.4 Å². The van der Waals surface area contributed by atoms with Crippen LogP contribution in [0, 0.1) is 5.92 Å². The second kappa shape index (κ2) is 4.76. The number of nitrogens with zero attached hydrogens (tertiary/aromatic N) is 1. The SMILES string of the molecule is FC1(F)CCC(COc2ccccn2)CC1. The Morgan fingerprint density at radius 3 is 2.69 bits per heavy atom. The lowest BCUT2D eigenvalue weighted by atomic mass is 9.87. The van der Waals surface area contributed by atoms with Gasteiger partial charge < -0.3 is 4.74 Å². The Bertz CT molecular complexity index is 319. The number of ether oxygens (including phenoxy) is 1. The molecule has 1 saturated carbocycles. The van der Waals surface area contributed by atoms with Gasteiger partial charge in [-0.25, -0.2) is 13.8 Å². The second-order valence-electron chi connectivity index (χ2n) is 4.28. The first-order valence-electron chi connectivity index (χ1n) is 5.57.